The van der Waals surface area contributed by atoms with Crippen LogP contribution >= 0.6 is 0 Å². The van der Waals surface area contributed by atoms with E-state index in [1.807, 2.05) is 38.1 Å². The Morgan fingerprint density at radius 3 is 2.81 bits per heavy atom. The highest BCUT2D eigenvalue weighted by atomic mass is 16.1. The molecule has 21 heavy (non-hydrogen) atoms. The van der Waals surface area contributed by atoms with Crippen LogP contribution in [0.3, 0.4) is 0 Å². The zero-order valence-corrected chi connectivity index (χ0v) is 12.7. The fraction of sp³-hybridized carbons (Fsp3) is 0.375. The van der Waals surface area contributed by atoms with Crippen molar-refractivity contribution in [2.45, 2.75) is 39.7 Å². The molecule has 0 aliphatic rings. The molecule has 0 aliphatic carbocycles. The van der Waals surface area contributed by atoms with Gasteiger partial charge in [0.1, 0.15) is 0 Å². The van der Waals surface area contributed by atoms with Gasteiger partial charge in [0.15, 0.2) is 5.82 Å². The molecule has 0 saturated heterocycles. The van der Waals surface area contributed by atoms with Crippen molar-refractivity contribution in [2.24, 2.45) is 0 Å². The average molecular weight is 286 g/mol. The molecule has 0 radical (unpaired) electrons. The predicted octanol–water partition coefficient (Wildman–Crippen LogP) is 3.43. The minimum atomic E-state index is -0.159. The molecule has 0 atom stereocenters. The number of aromatic amines is 1. The molecule has 0 spiro atoms. The lowest BCUT2D eigenvalue weighted by Gasteiger charge is -2.13. The Morgan fingerprint density at radius 2 is 2.10 bits per heavy atom. The standard InChI is InChI=1S/C16H22N4O/c1-4-7-12-10-15(20-19-12)18-16(21)13-8-5-6-9-14(13)17-11(2)3/h5-6,8-11,17H,4,7H2,1-3H3,(H2,18,19,20,21). The van der Waals surface area contributed by atoms with E-state index < -0.39 is 0 Å². The van der Waals surface area contributed by atoms with Gasteiger partial charge in [-0.2, -0.15) is 5.10 Å². The number of amides is 1. The van der Waals surface area contributed by atoms with E-state index in [9.17, 15) is 4.79 Å². The summed E-state index contributed by atoms with van der Waals surface area (Å²) in [5, 5.41) is 13.1. The second kappa shape index (κ2) is 6.92. The molecule has 112 valence electrons. The quantitative estimate of drug-likeness (QED) is 0.762. The molecular formula is C16H22N4O. The topological polar surface area (TPSA) is 69.8 Å². The van der Waals surface area contributed by atoms with Crippen molar-refractivity contribution < 1.29 is 4.79 Å². The van der Waals surface area contributed by atoms with Crippen LogP contribution in [0.25, 0.3) is 0 Å². The zero-order chi connectivity index (χ0) is 15.2. The number of nitrogens with one attached hydrogen (secondary N) is 3. The molecule has 0 bridgehead atoms. The van der Waals surface area contributed by atoms with Crippen LogP contribution in [0.1, 0.15) is 43.2 Å². The number of hydrogen-bond acceptors (Lipinski definition) is 3. The molecule has 0 unspecified atom stereocenters. The third-order valence-corrected chi connectivity index (χ3v) is 3.01. The molecule has 0 saturated carbocycles. The smallest absolute Gasteiger partial charge is 0.258 e. The number of hydrogen-bond donors (Lipinski definition) is 3. The van der Waals surface area contributed by atoms with Crippen molar-refractivity contribution in [3.8, 4) is 0 Å². The molecular weight excluding hydrogens is 264 g/mol. The first kappa shape index (κ1) is 15.1. The fourth-order valence-corrected chi connectivity index (χ4v) is 2.12. The minimum Gasteiger partial charge on any atom is -0.382 e. The first-order chi connectivity index (χ1) is 10.1. The van der Waals surface area contributed by atoms with E-state index in [0.29, 0.717) is 11.4 Å². The minimum absolute atomic E-state index is 0.159. The largest absolute Gasteiger partial charge is 0.382 e. The van der Waals surface area contributed by atoms with Crippen molar-refractivity contribution in [1.29, 1.82) is 0 Å². The molecule has 1 aromatic heterocycles. The number of carbonyl (C=O) groups is 1. The molecule has 1 amide bonds. The Hall–Kier alpha value is -2.30. The lowest BCUT2D eigenvalue weighted by Crippen LogP contribution is -2.17. The van der Waals surface area contributed by atoms with Gasteiger partial charge in [0, 0.05) is 23.5 Å². The van der Waals surface area contributed by atoms with Crippen LogP contribution in [0.5, 0.6) is 0 Å². The van der Waals surface area contributed by atoms with Gasteiger partial charge in [-0.25, -0.2) is 0 Å². The van der Waals surface area contributed by atoms with Crippen molar-refractivity contribution in [3.05, 3.63) is 41.6 Å². The summed E-state index contributed by atoms with van der Waals surface area (Å²) in [6, 6.07) is 9.62. The number of H-pyrrole nitrogens is 1. The van der Waals surface area contributed by atoms with E-state index in [1.54, 1.807) is 6.07 Å². The van der Waals surface area contributed by atoms with E-state index in [-0.39, 0.29) is 11.9 Å². The van der Waals surface area contributed by atoms with Crippen molar-refractivity contribution >= 4 is 17.4 Å². The number of aromatic nitrogens is 2. The van der Waals surface area contributed by atoms with Gasteiger partial charge in [-0.05, 0) is 32.4 Å². The number of anilines is 2. The summed E-state index contributed by atoms with van der Waals surface area (Å²) in [7, 11) is 0. The summed E-state index contributed by atoms with van der Waals surface area (Å²) in [6.45, 7) is 6.19. The van der Waals surface area contributed by atoms with Crippen LogP contribution in [0, 0.1) is 0 Å². The first-order valence-electron chi connectivity index (χ1n) is 7.31. The van der Waals surface area contributed by atoms with Crippen LogP contribution < -0.4 is 10.6 Å². The Labute approximate surface area is 125 Å². The lowest BCUT2D eigenvalue weighted by molar-refractivity contribution is 0.102. The molecule has 1 aromatic carbocycles. The molecule has 2 rings (SSSR count). The van der Waals surface area contributed by atoms with Gasteiger partial charge < -0.3 is 10.6 Å². The van der Waals surface area contributed by atoms with E-state index in [4.69, 9.17) is 0 Å². The highest BCUT2D eigenvalue weighted by Gasteiger charge is 2.13. The van der Waals surface area contributed by atoms with Gasteiger partial charge in [0.25, 0.3) is 5.91 Å². The van der Waals surface area contributed by atoms with E-state index in [0.717, 1.165) is 24.2 Å². The van der Waals surface area contributed by atoms with E-state index in [1.165, 1.54) is 0 Å². The summed E-state index contributed by atoms with van der Waals surface area (Å²) < 4.78 is 0. The Balaban J connectivity index is 2.12. The van der Waals surface area contributed by atoms with Gasteiger partial charge in [-0.1, -0.05) is 25.5 Å². The number of rotatable bonds is 6. The zero-order valence-electron chi connectivity index (χ0n) is 12.7. The summed E-state index contributed by atoms with van der Waals surface area (Å²) in [6.07, 6.45) is 1.96. The second-order valence-corrected chi connectivity index (χ2v) is 5.33. The van der Waals surface area contributed by atoms with Crippen molar-refractivity contribution in [2.75, 3.05) is 10.6 Å². The SMILES string of the molecule is CCCc1cc(NC(=O)c2ccccc2NC(C)C)n[nH]1. The Bertz CT molecular complexity index is 604. The second-order valence-electron chi connectivity index (χ2n) is 5.33. The van der Waals surface area contributed by atoms with Gasteiger partial charge in [-0.3, -0.25) is 9.89 Å². The highest BCUT2D eigenvalue weighted by molar-refractivity contribution is 6.07. The fourth-order valence-electron chi connectivity index (χ4n) is 2.12. The monoisotopic (exact) mass is 286 g/mol. The van der Waals surface area contributed by atoms with E-state index in [2.05, 4.69) is 27.8 Å². The Morgan fingerprint density at radius 1 is 1.33 bits per heavy atom. The molecule has 0 fully saturated rings. The first-order valence-corrected chi connectivity index (χ1v) is 7.31. The third-order valence-electron chi connectivity index (χ3n) is 3.01. The number of benzene rings is 1. The number of nitrogens with zero attached hydrogens (tertiary/aromatic N) is 1. The molecule has 3 N–H and O–H groups in total. The Kier molecular flexibility index (Phi) is 4.98. The number of aryl methyl sites for hydroxylation is 1. The summed E-state index contributed by atoms with van der Waals surface area (Å²) in [4.78, 5) is 12.4. The van der Waals surface area contributed by atoms with Gasteiger partial charge in [-0.15, -0.1) is 0 Å². The summed E-state index contributed by atoms with van der Waals surface area (Å²) in [5.74, 6) is 0.399. The van der Waals surface area contributed by atoms with Crippen LogP contribution in [0.2, 0.25) is 0 Å². The van der Waals surface area contributed by atoms with Gasteiger partial charge in [0.05, 0.1) is 5.56 Å². The average Bonchev–Trinajstić information content (AvgIpc) is 2.86. The molecule has 1 heterocycles. The molecule has 5 heteroatoms. The predicted molar refractivity (Wildman–Crippen MR) is 85.7 cm³/mol. The van der Waals surface area contributed by atoms with Gasteiger partial charge >= 0.3 is 0 Å². The maximum atomic E-state index is 12.4. The molecule has 0 aliphatic heterocycles. The van der Waals surface area contributed by atoms with Crippen LogP contribution in [0.4, 0.5) is 11.5 Å². The highest BCUT2D eigenvalue weighted by Crippen LogP contribution is 2.18. The normalized spacial score (nSPS) is 10.7. The summed E-state index contributed by atoms with van der Waals surface area (Å²) in [5.41, 5.74) is 2.47. The summed E-state index contributed by atoms with van der Waals surface area (Å²) >= 11 is 0. The van der Waals surface area contributed by atoms with Crippen LogP contribution in [0.15, 0.2) is 30.3 Å². The van der Waals surface area contributed by atoms with E-state index >= 15 is 0 Å². The third kappa shape index (κ3) is 4.08. The van der Waals surface area contributed by atoms with Crippen molar-refractivity contribution in [1.82, 2.24) is 10.2 Å². The maximum absolute atomic E-state index is 12.4. The van der Waals surface area contributed by atoms with Gasteiger partial charge in [0.2, 0.25) is 0 Å². The lowest BCUT2D eigenvalue weighted by atomic mass is 10.1. The number of para-hydroxylation sites is 1. The van der Waals surface area contributed by atoms with Crippen LogP contribution in [-0.2, 0) is 6.42 Å². The number of carbonyl (C=O) groups excluding carboxylic acids is 1. The maximum Gasteiger partial charge on any atom is 0.258 e. The molecule has 2 aromatic rings. The molecule has 5 nitrogen and oxygen atoms in total. The van der Waals surface area contributed by atoms with Crippen LogP contribution in [-0.4, -0.2) is 22.1 Å². The van der Waals surface area contributed by atoms with Crippen molar-refractivity contribution in [3.63, 3.8) is 0 Å².